The lowest BCUT2D eigenvalue weighted by Gasteiger charge is -2.08. The lowest BCUT2D eigenvalue weighted by atomic mass is 10.1. The minimum Gasteiger partial charge on any atom is -0.304 e. The lowest BCUT2D eigenvalue weighted by Crippen LogP contribution is -2.14. The summed E-state index contributed by atoms with van der Waals surface area (Å²) in [6, 6.07) is 17.3. The van der Waals surface area contributed by atoms with Crippen LogP contribution in [0.5, 0.6) is 0 Å². The number of nitrogens with zero attached hydrogens (tertiary/aromatic N) is 4. The van der Waals surface area contributed by atoms with Crippen LogP contribution in [0.25, 0.3) is 0 Å². The summed E-state index contributed by atoms with van der Waals surface area (Å²) < 4.78 is 3.53. The maximum Gasteiger partial charge on any atom is 0.256 e. The molecule has 1 amide bonds. The van der Waals surface area contributed by atoms with Crippen molar-refractivity contribution in [3.8, 4) is 0 Å². The van der Waals surface area contributed by atoms with Gasteiger partial charge in [-0.25, -0.2) is 0 Å². The topological polar surface area (TPSA) is 64.7 Å². The second kappa shape index (κ2) is 8.96. The average molecular weight is 454 g/mol. The van der Waals surface area contributed by atoms with Gasteiger partial charge in [0.15, 0.2) is 5.82 Å². The van der Waals surface area contributed by atoms with Crippen molar-refractivity contribution < 1.29 is 4.79 Å². The number of halogens is 2. The molecule has 158 valence electrons. The fraction of sp³-hybridized carbons (Fsp3) is 0.174. The fourth-order valence-corrected chi connectivity index (χ4v) is 3.66. The zero-order valence-corrected chi connectivity index (χ0v) is 18.7. The molecule has 2 aromatic carbocycles. The number of anilines is 1. The van der Waals surface area contributed by atoms with Crippen LogP contribution >= 0.6 is 23.2 Å². The first-order chi connectivity index (χ1) is 14.9. The van der Waals surface area contributed by atoms with Gasteiger partial charge in [-0.3, -0.25) is 14.2 Å². The number of carbonyl (C=O) groups excluding carboxylic acids is 1. The van der Waals surface area contributed by atoms with Crippen LogP contribution in [0.15, 0.2) is 60.8 Å². The van der Waals surface area contributed by atoms with Crippen LogP contribution in [0.1, 0.15) is 32.9 Å². The molecule has 0 aliphatic carbocycles. The minimum atomic E-state index is -0.278. The molecule has 0 aliphatic rings. The predicted octanol–water partition coefficient (Wildman–Crippen LogP) is 5.35. The molecule has 6 nitrogen and oxygen atoms in total. The van der Waals surface area contributed by atoms with Crippen molar-refractivity contribution in [3.05, 3.63) is 98.9 Å². The normalized spacial score (nSPS) is 11.0. The van der Waals surface area contributed by atoms with E-state index in [1.165, 1.54) is 0 Å². The quantitative estimate of drug-likeness (QED) is 0.427. The van der Waals surface area contributed by atoms with E-state index in [4.69, 9.17) is 23.2 Å². The van der Waals surface area contributed by atoms with Gasteiger partial charge in [0.05, 0.1) is 29.5 Å². The number of aromatic nitrogens is 4. The SMILES string of the molecule is Cc1nn(Cc2cccc(C(=O)Nc3nn(Cc4ccccc4)cc3Cl)c2)c(C)c1Cl. The maximum absolute atomic E-state index is 12.8. The standard InChI is InChI=1S/C23H21Cl2N5O/c1-15-21(25)16(2)30(27-15)13-18-9-6-10-19(11-18)23(31)26-22-20(24)14-29(28-22)12-17-7-4-3-5-8-17/h3-11,14H,12-13H2,1-2H3,(H,26,28,31). The monoisotopic (exact) mass is 453 g/mol. The van der Waals surface area contributed by atoms with E-state index >= 15 is 0 Å². The van der Waals surface area contributed by atoms with Gasteiger partial charge in [-0.2, -0.15) is 10.2 Å². The first-order valence-corrected chi connectivity index (χ1v) is 10.5. The van der Waals surface area contributed by atoms with Gasteiger partial charge in [0, 0.05) is 11.8 Å². The van der Waals surface area contributed by atoms with Gasteiger partial charge in [0.2, 0.25) is 0 Å². The fourth-order valence-electron chi connectivity index (χ4n) is 3.33. The van der Waals surface area contributed by atoms with Gasteiger partial charge in [-0.1, -0.05) is 65.7 Å². The molecule has 0 radical (unpaired) electrons. The average Bonchev–Trinajstić information content (AvgIpc) is 3.22. The van der Waals surface area contributed by atoms with Gasteiger partial charge < -0.3 is 5.32 Å². The van der Waals surface area contributed by atoms with Crippen LogP contribution in [0.4, 0.5) is 5.82 Å². The summed E-state index contributed by atoms with van der Waals surface area (Å²) >= 11 is 12.5. The molecule has 0 saturated heterocycles. The second-order valence-corrected chi connectivity index (χ2v) is 8.09. The Morgan fingerprint density at radius 2 is 1.71 bits per heavy atom. The van der Waals surface area contributed by atoms with E-state index in [-0.39, 0.29) is 5.91 Å². The molecule has 0 aliphatic heterocycles. The number of amides is 1. The van der Waals surface area contributed by atoms with Crippen LogP contribution in [-0.4, -0.2) is 25.5 Å². The van der Waals surface area contributed by atoms with Crippen LogP contribution in [-0.2, 0) is 13.1 Å². The highest BCUT2D eigenvalue weighted by molar-refractivity contribution is 6.33. The van der Waals surface area contributed by atoms with Gasteiger partial charge in [-0.05, 0) is 37.1 Å². The number of hydrogen-bond acceptors (Lipinski definition) is 3. The van der Waals surface area contributed by atoms with Crippen molar-refractivity contribution in [2.24, 2.45) is 0 Å². The molecule has 0 fully saturated rings. The molecule has 4 aromatic rings. The third-order valence-corrected chi connectivity index (χ3v) is 5.77. The Bertz CT molecular complexity index is 1230. The molecule has 2 aromatic heterocycles. The Balaban J connectivity index is 1.48. The third-order valence-electron chi connectivity index (χ3n) is 4.95. The zero-order chi connectivity index (χ0) is 22.0. The second-order valence-electron chi connectivity index (χ2n) is 7.31. The summed E-state index contributed by atoms with van der Waals surface area (Å²) in [5, 5.41) is 12.7. The van der Waals surface area contributed by atoms with Crippen LogP contribution in [0.2, 0.25) is 10.0 Å². The van der Waals surface area contributed by atoms with Crippen molar-refractivity contribution in [1.82, 2.24) is 19.6 Å². The van der Waals surface area contributed by atoms with Crippen molar-refractivity contribution in [3.63, 3.8) is 0 Å². The number of nitrogens with one attached hydrogen (secondary N) is 1. The summed E-state index contributed by atoms with van der Waals surface area (Å²) in [6.45, 7) is 4.88. The Hall–Kier alpha value is -3.09. The highest BCUT2D eigenvalue weighted by Crippen LogP contribution is 2.22. The Morgan fingerprint density at radius 1 is 0.968 bits per heavy atom. The van der Waals surface area contributed by atoms with Crippen molar-refractivity contribution in [2.45, 2.75) is 26.9 Å². The molecule has 0 unspecified atom stereocenters. The molecule has 0 saturated carbocycles. The van der Waals surface area contributed by atoms with E-state index in [0.717, 1.165) is 22.5 Å². The van der Waals surface area contributed by atoms with Crippen LogP contribution in [0, 0.1) is 13.8 Å². The number of carbonyl (C=O) groups is 1. The number of aryl methyl sites for hydroxylation is 1. The number of hydrogen-bond donors (Lipinski definition) is 1. The van der Waals surface area contributed by atoms with E-state index in [9.17, 15) is 4.79 Å². The van der Waals surface area contributed by atoms with E-state index < -0.39 is 0 Å². The largest absolute Gasteiger partial charge is 0.304 e. The molecule has 4 rings (SSSR count). The smallest absolute Gasteiger partial charge is 0.256 e. The molecular formula is C23H21Cl2N5O. The van der Waals surface area contributed by atoms with Gasteiger partial charge in [0.25, 0.3) is 5.91 Å². The molecule has 0 spiro atoms. The summed E-state index contributed by atoms with van der Waals surface area (Å²) in [7, 11) is 0. The molecule has 0 bridgehead atoms. The third kappa shape index (κ3) is 4.81. The molecular weight excluding hydrogens is 433 g/mol. The first-order valence-electron chi connectivity index (χ1n) is 9.77. The first kappa shape index (κ1) is 21.2. The van der Waals surface area contributed by atoms with Gasteiger partial charge in [-0.15, -0.1) is 0 Å². The van der Waals surface area contributed by atoms with Gasteiger partial charge in [0.1, 0.15) is 5.02 Å². The Labute approximate surface area is 190 Å². The minimum absolute atomic E-state index is 0.278. The van der Waals surface area contributed by atoms with Crippen molar-refractivity contribution in [2.75, 3.05) is 5.32 Å². The lowest BCUT2D eigenvalue weighted by molar-refractivity contribution is 0.102. The number of benzene rings is 2. The molecule has 0 atom stereocenters. The Morgan fingerprint density at radius 3 is 2.42 bits per heavy atom. The van der Waals surface area contributed by atoms with Crippen molar-refractivity contribution >= 4 is 34.9 Å². The van der Waals surface area contributed by atoms with E-state index in [1.54, 1.807) is 16.9 Å². The van der Waals surface area contributed by atoms with E-state index in [2.05, 4.69) is 15.5 Å². The van der Waals surface area contributed by atoms with E-state index in [0.29, 0.717) is 34.5 Å². The summed E-state index contributed by atoms with van der Waals surface area (Å²) in [6.07, 6.45) is 1.70. The molecule has 1 N–H and O–H groups in total. The molecule has 2 heterocycles. The van der Waals surface area contributed by atoms with E-state index in [1.807, 2.05) is 67.1 Å². The van der Waals surface area contributed by atoms with Gasteiger partial charge >= 0.3 is 0 Å². The Kier molecular flexibility index (Phi) is 6.11. The number of rotatable bonds is 6. The predicted molar refractivity (Wildman–Crippen MR) is 123 cm³/mol. The highest BCUT2D eigenvalue weighted by atomic mass is 35.5. The van der Waals surface area contributed by atoms with Crippen molar-refractivity contribution in [1.29, 1.82) is 0 Å². The van der Waals surface area contributed by atoms with Crippen LogP contribution in [0.3, 0.4) is 0 Å². The summed E-state index contributed by atoms with van der Waals surface area (Å²) in [5.74, 6) is 0.0541. The highest BCUT2D eigenvalue weighted by Gasteiger charge is 2.14. The van der Waals surface area contributed by atoms with Crippen LogP contribution < -0.4 is 5.32 Å². The zero-order valence-electron chi connectivity index (χ0n) is 17.1. The molecule has 31 heavy (non-hydrogen) atoms. The maximum atomic E-state index is 12.8. The summed E-state index contributed by atoms with van der Waals surface area (Å²) in [4.78, 5) is 12.8. The summed E-state index contributed by atoms with van der Waals surface area (Å²) in [5.41, 5.74) is 4.23. The molecule has 8 heteroatoms.